The van der Waals surface area contributed by atoms with Crippen molar-refractivity contribution in [2.45, 2.75) is 19.8 Å². The summed E-state index contributed by atoms with van der Waals surface area (Å²) in [5.41, 5.74) is 7.69. The number of carbonyl (C=O) groups excluding carboxylic acids is 1. The van der Waals surface area contributed by atoms with E-state index in [1.165, 1.54) is 7.11 Å². The molecule has 94 valence electrons. The number of ether oxygens (including phenoxy) is 2. The van der Waals surface area contributed by atoms with Crippen LogP contribution in [0, 0.1) is 6.92 Å². The topological polar surface area (TPSA) is 61.5 Å². The average Bonchev–Trinajstić information content (AvgIpc) is 2.32. The van der Waals surface area contributed by atoms with E-state index in [-0.39, 0.29) is 12.4 Å². The summed E-state index contributed by atoms with van der Waals surface area (Å²) in [6.45, 7) is 2.89. The molecule has 0 aliphatic heterocycles. The Morgan fingerprint density at radius 2 is 2.18 bits per heavy atom. The second-order valence-corrected chi connectivity index (χ2v) is 3.78. The number of aryl methyl sites for hydroxylation is 1. The Kier molecular flexibility index (Phi) is 5.49. The maximum atomic E-state index is 11.0. The molecule has 0 aliphatic rings. The molecular formula is C13H19NO3. The van der Waals surface area contributed by atoms with Gasteiger partial charge in [-0.25, -0.2) is 0 Å². The molecule has 0 spiro atoms. The van der Waals surface area contributed by atoms with Crippen LogP contribution in [0.4, 0.5) is 0 Å². The fourth-order valence-electron chi connectivity index (χ4n) is 1.61. The summed E-state index contributed by atoms with van der Waals surface area (Å²) in [6.07, 6.45) is 1.03. The largest absolute Gasteiger partial charge is 0.492 e. The number of benzene rings is 1. The highest BCUT2D eigenvalue weighted by Gasteiger charge is 2.07. The third kappa shape index (κ3) is 4.07. The van der Waals surface area contributed by atoms with E-state index < -0.39 is 0 Å². The van der Waals surface area contributed by atoms with Crippen LogP contribution in [0.5, 0.6) is 5.75 Å². The Balaban J connectivity index is 2.65. The summed E-state index contributed by atoms with van der Waals surface area (Å²) in [5, 5.41) is 0. The average molecular weight is 237 g/mol. The van der Waals surface area contributed by atoms with Crippen LogP contribution in [0.25, 0.3) is 0 Å². The molecule has 4 nitrogen and oxygen atoms in total. The van der Waals surface area contributed by atoms with Gasteiger partial charge in [-0.15, -0.1) is 0 Å². The van der Waals surface area contributed by atoms with Crippen molar-refractivity contribution in [3.8, 4) is 5.75 Å². The van der Waals surface area contributed by atoms with Crippen LogP contribution in [0.3, 0.4) is 0 Å². The van der Waals surface area contributed by atoms with Crippen molar-refractivity contribution in [2.24, 2.45) is 5.73 Å². The van der Waals surface area contributed by atoms with E-state index in [0.717, 1.165) is 23.3 Å². The van der Waals surface area contributed by atoms with Crippen molar-refractivity contribution in [1.29, 1.82) is 0 Å². The van der Waals surface area contributed by atoms with Gasteiger partial charge in [0.1, 0.15) is 5.75 Å². The van der Waals surface area contributed by atoms with Crippen LogP contribution >= 0.6 is 0 Å². The van der Waals surface area contributed by atoms with Crippen LogP contribution in [0.2, 0.25) is 0 Å². The lowest BCUT2D eigenvalue weighted by Gasteiger charge is -2.13. The first-order valence-electron chi connectivity index (χ1n) is 5.67. The molecule has 0 saturated heterocycles. The van der Waals surface area contributed by atoms with E-state index in [1.807, 2.05) is 25.1 Å². The number of carbonyl (C=O) groups is 1. The quantitative estimate of drug-likeness (QED) is 0.760. The molecular weight excluding hydrogens is 218 g/mol. The molecule has 0 heterocycles. The first kappa shape index (κ1) is 13.5. The van der Waals surface area contributed by atoms with Crippen LogP contribution < -0.4 is 10.5 Å². The number of rotatable bonds is 6. The Hall–Kier alpha value is -1.55. The van der Waals surface area contributed by atoms with E-state index in [2.05, 4.69) is 4.74 Å². The number of hydrogen-bond donors (Lipinski definition) is 1. The number of nitrogens with two attached hydrogens (primary N) is 1. The third-order valence-electron chi connectivity index (χ3n) is 2.49. The molecule has 0 aromatic heterocycles. The van der Waals surface area contributed by atoms with Gasteiger partial charge in [-0.1, -0.05) is 18.2 Å². The molecule has 0 radical (unpaired) electrons. The van der Waals surface area contributed by atoms with Crippen molar-refractivity contribution >= 4 is 5.97 Å². The fourth-order valence-corrected chi connectivity index (χ4v) is 1.61. The second kappa shape index (κ2) is 6.91. The molecule has 1 rings (SSSR count). The van der Waals surface area contributed by atoms with E-state index >= 15 is 0 Å². The van der Waals surface area contributed by atoms with Gasteiger partial charge in [-0.3, -0.25) is 4.79 Å². The monoisotopic (exact) mass is 237 g/mol. The number of hydrogen-bond acceptors (Lipinski definition) is 4. The molecule has 1 aromatic carbocycles. The Bertz CT molecular complexity index is 377. The maximum Gasteiger partial charge on any atom is 0.308 e. The summed E-state index contributed by atoms with van der Waals surface area (Å²) in [7, 11) is 1.37. The van der Waals surface area contributed by atoms with Crippen LogP contribution in [0.15, 0.2) is 18.2 Å². The zero-order valence-corrected chi connectivity index (χ0v) is 10.4. The second-order valence-electron chi connectivity index (χ2n) is 3.78. The normalized spacial score (nSPS) is 10.1. The lowest BCUT2D eigenvalue weighted by molar-refractivity contribution is -0.141. The number of esters is 1. The van der Waals surface area contributed by atoms with Crippen molar-refractivity contribution < 1.29 is 14.3 Å². The Labute approximate surface area is 102 Å². The molecule has 17 heavy (non-hydrogen) atoms. The smallest absolute Gasteiger partial charge is 0.308 e. The highest BCUT2D eigenvalue weighted by Crippen LogP contribution is 2.23. The van der Waals surface area contributed by atoms with Crippen molar-refractivity contribution in [1.82, 2.24) is 0 Å². The predicted octanol–water partition coefficient (Wildman–Crippen LogP) is 1.44. The van der Waals surface area contributed by atoms with Crippen LogP contribution in [-0.2, 0) is 16.0 Å². The van der Waals surface area contributed by atoms with Crippen LogP contribution in [-0.4, -0.2) is 26.2 Å². The predicted molar refractivity (Wildman–Crippen MR) is 66.1 cm³/mol. The van der Waals surface area contributed by atoms with Gasteiger partial charge in [-0.2, -0.15) is 0 Å². The molecule has 0 bridgehead atoms. The summed E-state index contributed by atoms with van der Waals surface area (Å²) in [4.78, 5) is 11.0. The standard InChI is InChI=1S/C13H19NO3/c1-10-4-3-5-11(6-8-14)13(10)17-9-7-12(15)16-2/h3-5H,6-9,14H2,1-2H3. The molecule has 0 unspecified atom stereocenters. The maximum absolute atomic E-state index is 11.0. The molecule has 0 atom stereocenters. The van der Waals surface area contributed by atoms with Gasteiger partial charge in [0.15, 0.2) is 0 Å². The number of para-hydroxylation sites is 1. The van der Waals surface area contributed by atoms with E-state index in [1.54, 1.807) is 0 Å². The Morgan fingerprint density at radius 3 is 2.82 bits per heavy atom. The molecule has 0 amide bonds. The minimum absolute atomic E-state index is 0.257. The molecule has 0 fully saturated rings. The molecule has 1 aromatic rings. The van der Waals surface area contributed by atoms with Gasteiger partial charge in [0.2, 0.25) is 0 Å². The lowest BCUT2D eigenvalue weighted by Crippen LogP contribution is -2.10. The number of methoxy groups -OCH3 is 1. The van der Waals surface area contributed by atoms with Gasteiger partial charge in [0.05, 0.1) is 20.1 Å². The SMILES string of the molecule is COC(=O)CCOc1c(C)cccc1CCN. The van der Waals surface area contributed by atoms with Crippen molar-refractivity contribution in [3.63, 3.8) is 0 Å². The van der Waals surface area contributed by atoms with Gasteiger partial charge >= 0.3 is 5.97 Å². The molecule has 2 N–H and O–H groups in total. The van der Waals surface area contributed by atoms with Crippen molar-refractivity contribution in [2.75, 3.05) is 20.3 Å². The Morgan fingerprint density at radius 1 is 1.41 bits per heavy atom. The van der Waals surface area contributed by atoms with Gasteiger partial charge in [0.25, 0.3) is 0 Å². The summed E-state index contributed by atoms with van der Waals surface area (Å²) >= 11 is 0. The van der Waals surface area contributed by atoms with Gasteiger partial charge in [-0.05, 0) is 31.0 Å². The highest BCUT2D eigenvalue weighted by molar-refractivity contribution is 5.69. The molecule has 0 saturated carbocycles. The molecule has 0 aliphatic carbocycles. The van der Waals surface area contributed by atoms with Gasteiger partial charge in [0, 0.05) is 0 Å². The molecule has 4 heteroatoms. The summed E-state index contributed by atoms with van der Waals surface area (Å²) < 4.78 is 10.2. The van der Waals surface area contributed by atoms with E-state index in [9.17, 15) is 4.79 Å². The third-order valence-corrected chi connectivity index (χ3v) is 2.49. The lowest BCUT2D eigenvalue weighted by atomic mass is 10.1. The first-order chi connectivity index (χ1) is 8.19. The fraction of sp³-hybridized carbons (Fsp3) is 0.462. The minimum atomic E-state index is -0.265. The first-order valence-corrected chi connectivity index (χ1v) is 5.67. The van der Waals surface area contributed by atoms with Crippen LogP contribution in [0.1, 0.15) is 17.5 Å². The highest BCUT2D eigenvalue weighted by atomic mass is 16.5. The van der Waals surface area contributed by atoms with Crippen molar-refractivity contribution in [3.05, 3.63) is 29.3 Å². The minimum Gasteiger partial charge on any atom is -0.492 e. The zero-order valence-electron chi connectivity index (χ0n) is 10.4. The van der Waals surface area contributed by atoms with E-state index in [4.69, 9.17) is 10.5 Å². The van der Waals surface area contributed by atoms with Gasteiger partial charge < -0.3 is 15.2 Å². The van der Waals surface area contributed by atoms with E-state index in [0.29, 0.717) is 13.2 Å². The summed E-state index contributed by atoms with van der Waals surface area (Å²) in [6, 6.07) is 5.95. The summed E-state index contributed by atoms with van der Waals surface area (Å²) in [5.74, 6) is 0.570. The zero-order chi connectivity index (χ0) is 12.7.